The van der Waals surface area contributed by atoms with Crippen LogP contribution in [0.1, 0.15) is 16.7 Å². The molecule has 0 aliphatic rings. The number of hydrogen-bond donors (Lipinski definition) is 1. The van der Waals surface area contributed by atoms with Crippen molar-refractivity contribution in [2.75, 3.05) is 5.32 Å². The molecule has 0 aliphatic heterocycles. The summed E-state index contributed by atoms with van der Waals surface area (Å²) in [4.78, 5) is 0. The first-order valence-electron chi connectivity index (χ1n) is 5.96. The summed E-state index contributed by atoms with van der Waals surface area (Å²) in [6.07, 6.45) is -4.46. The standard InChI is InChI=1S/C15H10F4N2/c1-9-2-4-11(15(17,18)19)7-14(9)21-13-5-3-10(8-20)6-12(13)16/h2-7,21H,1H3. The fourth-order valence-electron chi connectivity index (χ4n) is 1.76. The zero-order valence-corrected chi connectivity index (χ0v) is 10.9. The van der Waals surface area contributed by atoms with Crippen LogP contribution in [-0.4, -0.2) is 0 Å². The maximum absolute atomic E-state index is 13.8. The zero-order valence-electron chi connectivity index (χ0n) is 10.9. The molecule has 108 valence electrons. The topological polar surface area (TPSA) is 35.8 Å². The zero-order chi connectivity index (χ0) is 15.6. The van der Waals surface area contributed by atoms with E-state index < -0.39 is 17.6 Å². The molecular weight excluding hydrogens is 284 g/mol. The molecule has 0 amide bonds. The average molecular weight is 294 g/mol. The van der Waals surface area contributed by atoms with Crippen molar-refractivity contribution in [3.63, 3.8) is 0 Å². The maximum atomic E-state index is 13.8. The predicted octanol–water partition coefficient (Wildman–Crippen LogP) is 4.77. The van der Waals surface area contributed by atoms with E-state index in [1.54, 1.807) is 13.0 Å². The summed E-state index contributed by atoms with van der Waals surface area (Å²) in [6, 6.07) is 8.70. The van der Waals surface area contributed by atoms with Gasteiger partial charge in [-0.05, 0) is 42.8 Å². The van der Waals surface area contributed by atoms with Gasteiger partial charge in [0.05, 0.1) is 22.9 Å². The number of nitriles is 1. The number of rotatable bonds is 2. The summed E-state index contributed by atoms with van der Waals surface area (Å²) in [6.45, 7) is 1.62. The van der Waals surface area contributed by atoms with Gasteiger partial charge < -0.3 is 5.32 Å². The number of hydrogen-bond acceptors (Lipinski definition) is 2. The molecule has 2 nitrogen and oxygen atoms in total. The normalized spacial score (nSPS) is 11.0. The van der Waals surface area contributed by atoms with Crippen LogP contribution >= 0.6 is 0 Å². The molecule has 0 unspecified atom stereocenters. The predicted molar refractivity (Wildman–Crippen MR) is 70.6 cm³/mol. The molecule has 6 heteroatoms. The summed E-state index contributed by atoms with van der Waals surface area (Å²) in [5.74, 6) is -0.703. The van der Waals surface area contributed by atoms with Gasteiger partial charge in [-0.2, -0.15) is 18.4 Å². The van der Waals surface area contributed by atoms with Crippen LogP contribution in [0, 0.1) is 24.1 Å². The van der Waals surface area contributed by atoms with Gasteiger partial charge in [0.2, 0.25) is 0 Å². The Kier molecular flexibility index (Phi) is 3.85. The van der Waals surface area contributed by atoms with Crippen LogP contribution < -0.4 is 5.32 Å². The smallest absolute Gasteiger partial charge is 0.353 e. The Morgan fingerprint density at radius 1 is 1.05 bits per heavy atom. The van der Waals surface area contributed by atoms with Crippen molar-refractivity contribution < 1.29 is 17.6 Å². The third kappa shape index (κ3) is 3.31. The van der Waals surface area contributed by atoms with Gasteiger partial charge in [-0.1, -0.05) is 6.07 Å². The summed E-state index contributed by atoms with van der Waals surface area (Å²) >= 11 is 0. The number of anilines is 2. The molecule has 2 aromatic rings. The molecule has 0 bridgehead atoms. The van der Waals surface area contributed by atoms with E-state index >= 15 is 0 Å². The third-order valence-corrected chi connectivity index (χ3v) is 2.93. The fraction of sp³-hybridized carbons (Fsp3) is 0.133. The van der Waals surface area contributed by atoms with Crippen molar-refractivity contribution in [1.29, 1.82) is 5.26 Å². The second kappa shape index (κ2) is 5.44. The molecule has 0 atom stereocenters. The lowest BCUT2D eigenvalue weighted by molar-refractivity contribution is -0.137. The highest BCUT2D eigenvalue weighted by Gasteiger charge is 2.30. The lowest BCUT2D eigenvalue weighted by Gasteiger charge is -2.14. The summed E-state index contributed by atoms with van der Waals surface area (Å²) in [5.41, 5.74) is 0.0417. The molecule has 0 aromatic heterocycles. The Labute approximate surface area is 118 Å². The minimum Gasteiger partial charge on any atom is -0.353 e. The first-order chi connectivity index (χ1) is 9.81. The third-order valence-electron chi connectivity index (χ3n) is 2.93. The summed E-state index contributed by atoms with van der Waals surface area (Å²) in [7, 11) is 0. The number of alkyl halides is 3. The molecule has 0 saturated heterocycles. The number of halogens is 4. The van der Waals surface area contributed by atoms with E-state index in [0.29, 0.717) is 5.56 Å². The summed E-state index contributed by atoms with van der Waals surface area (Å²) < 4.78 is 51.8. The van der Waals surface area contributed by atoms with Crippen LogP contribution in [0.4, 0.5) is 28.9 Å². The molecular formula is C15H10F4N2. The number of benzene rings is 2. The second-order valence-electron chi connectivity index (χ2n) is 4.46. The minimum atomic E-state index is -4.46. The van der Waals surface area contributed by atoms with E-state index in [0.717, 1.165) is 18.2 Å². The molecule has 0 spiro atoms. The fourth-order valence-corrected chi connectivity index (χ4v) is 1.76. The Balaban J connectivity index is 2.38. The van der Waals surface area contributed by atoms with Crippen molar-refractivity contribution in [3.05, 3.63) is 58.9 Å². The first-order valence-corrected chi connectivity index (χ1v) is 5.96. The molecule has 0 fully saturated rings. The van der Waals surface area contributed by atoms with Gasteiger partial charge in [0.15, 0.2) is 0 Å². The monoisotopic (exact) mass is 294 g/mol. The van der Waals surface area contributed by atoms with Gasteiger partial charge >= 0.3 is 6.18 Å². The molecule has 21 heavy (non-hydrogen) atoms. The van der Waals surface area contributed by atoms with Gasteiger partial charge in [0, 0.05) is 5.69 Å². The molecule has 0 radical (unpaired) electrons. The van der Waals surface area contributed by atoms with Crippen molar-refractivity contribution in [1.82, 2.24) is 0 Å². The molecule has 0 aliphatic carbocycles. The Bertz CT molecular complexity index is 715. The van der Waals surface area contributed by atoms with Crippen LogP contribution in [0.15, 0.2) is 36.4 Å². The van der Waals surface area contributed by atoms with Gasteiger partial charge in [-0.3, -0.25) is 0 Å². The van der Waals surface area contributed by atoms with Crippen molar-refractivity contribution in [2.45, 2.75) is 13.1 Å². The molecule has 0 saturated carbocycles. The minimum absolute atomic E-state index is 0.0106. The quantitative estimate of drug-likeness (QED) is 0.810. The van der Waals surface area contributed by atoms with Crippen molar-refractivity contribution in [2.24, 2.45) is 0 Å². The lowest BCUT2D eigenvalue weighted by Crippen LogP contribution is -2.06. The number of nitrogens with zero attached hydrogens (tertiary/aromatic N) is 1. The van der Waals surface area contributed by atoms with Crippen molar-refractivity contribution in [3.8, 4) is 6.07 Å². The molecule has 1 N–H and O–H groups in total. The van der Waals surface area contributed by atoms with Crippen LogP contribution in [-0.2, 0) is 6.18 Å². The lowest BCUT2D eigenvalue weighted by atomic mass is 10.1. The largest absolute Gasteiger partial charge is 0.416 e. The maximum Gasteiger partial charge on any atom is 0.416 e. The Morgan fingerprint density at radius 3 is 2.33 bits per heavy atom. The summed E-state index contributed by atoms with van der Waals surface area (Å²) in [5, 5.41) is 11.3. The Morgan fingerprint density at radius 2 is 1.76 bits per heavy atom. The van der Waals surface area contributed by atoms with Gasteiger partial charge in [0.25, 0.3) is 0 Å². The van der Waals surface area contributed by atoms with E-state index in [4.69, 9.17) is 5.26 Å². The highest BCUT2D eigenvalue weighted by atomic mass is 19.4. The second-order valence-corrected chi connectivity index (χ2v) is 4.46. The number of aryl methyl sites for hydroxylation is 1. The van der Waals surface area contributed by atoms with Crippen molar-refractivity contribution >= 4 is 11.4 Å². The van der Waals surface area contributed by atoms with Gasteiger partial charge in [-0.25, -0.2) is 4.39 Å². The Hall–Kier alpha value is -2.55. The van der Waals surface area contributed by atoms with Crippen LogP contribution in [0.2, 0.25) is 0 Å². The van der Waals surface area contributed by atoms with E-state index in [-0.39, 0.29) is 16.9 Å². The highest BCUT2D eigenvalue weighted by Crippen LogP contribution is 2.33. The van der Waals surface area contributed by atoms with E-state index in [9.17, 15) is 17.6 Å². The molecule has 0 heterocycles. The molecule has 2 aromatic carbocycles. The van der Waals surface area contributed by atoms with Crippen LogP contribution in [0.3, 0.4) is 0 Å². The average Bonchev–Trinajstić information content (AvgIpc) is 2.42. The van der Waals surface area contributed by atoms with Crippen LogP contribution in [0.25, 0.3) is 0 Å². The van der Waals surface area contributed by atoms with Gasteiger partial charge in [0.1, 0.15) is 5.82 Å². The SMILES string of the molecule is Cc1ccc(C(F)(F)F)cc1Nc1ccc(C#N)cc1F. The molecule has 2 rings (SSSR count). The first kappa shape index (κ1) is 14.9. The van der Waals surface area contributed by atoms with E-state index in [1.165, 1.54) is 18.2 Å². The highest BCUT2D eigenvalue weighted by molar-refractivity contribution is 5.65. The van der Waals surface area contributed by atoms with E-state index in [1.807, 2.05) is 0 Å². The number of nitrogens with one attached hydrogen (secondary N) is 1. The van der Waals surface area contributed by atoms with Gasteiger partial charge in [-0.15, -0.1) is 0 Å². The van der Waals surface area contributed by atoms with E-state index in [2.05, 4.69) is 5.32 Å². The van der Waals surface area contributed by atoms with Crippen LogP contribution in [0.5, 0.6) is 0 Å².